The molecular weight excluding hydrogens is 779 g/mol. The van der Waals surface area contributed by atoms with Gasteiger partial charge in [0.15, 0.2) is 5.78 Å². The predicted octanol–water partition coefficient (Wildman–Crippen LogP) is 9.08. The third-order valence-corrected chi connectivity index (χ3v) is 8.02. The zero-order valence-corrected chi connectivity index (χ0v) is 36.7. The van der Waals surface area contributed by atoms with Gasteiger partial charge in [0.05, 0.1) is 6.61 Å². The number of carbonyl (C=O) groups excluding carboxylic acids is 5. The molecule has 0 radical (unpaired) electrons. The first-order valence-corrected chi connectivity index (χ1v) is 20.1. The Bertz CT molecular complexity index is 1550. The lowest BCUT2D eigenvalue weighted by molar-refractivity contribution is -0.137. The molecule has 2 rings (SSSR count). The van der Waals surface area contributed by atoms with Crippen molar-refractivity contribution in [1.82, 2.24) is 5.32 Å². The molecule has 0 unspecified atom stereocenters. The second-order valence-electron chi connectivity index (χ2n) is 12.3. The van der Waals surface area contributed by atoms with Crippen molar-refractivity contribution >= 4 is 63.5 Å². The fraction of sp³-hybridized carbons (Fsp3) is 0.413. The van der Waals surface area contributed by atoms with Crippen molar-refractivity contribution in [1.29, 1.82) is 0 Å². The molecule has 0 spiro atoms. The molecule has 12 heteroatoms. The number of nitrogens with one attached hydrogen (secondary N) is 1. The summed E-state index contributed by atoms with van der Waals surface area (Å²) in [5.41, 5.74) is 9.20. The van der Waals surface area contributed by atoms with E-state index in [1.165, 1.54) is 12.2 Å². The lowest BCUT2D eigenvalue weighted by atomic mass is 10.1. The van der Waals surface area contributed by atoms with Crippen molar-refractivity contribution in [3.05, 3.63) is 119 Å². The van der Waals surface area contributed by atoms with E-state index in [0.717, 1.165) is 67.2 Å². The molecule has 2 aromatic rings. The average Bonchev–Trinajstić information content (AvgIpc) is 3.24. The summed E-state index contributed by atoms with van der Waals surface area (Å²) in [5, 5.41) is 18.5. The van der Waals surface area contributed by atoms with Crippen molar-refractivity contribution in [2.45, 2.75) is 92.9 Å². The Balaban J connectivity index is -0.000000714. The van der Waals surface area contributed by atoms with Crippen LogP contribution in [0.1, 0.15) is 104 Å². The van der Waals surface area contributed by atoms with E-state index in [-0.39, 0.29) is 36.1 Å². The van der Waals surface area contributed by atoms with Crippen molar-refractivity contribution < 1.29 is 38.9 Å². The number of nitrogens with two attached hydrogens (primary N) is 1. The summed E-state index contributed by atoms with van der Waals surface area (Å²) >= 11 is 10.1. The van der Waals surface area contributed by atoms with E-state index in [4.69, 9.17) is 43.9 Å². The summed E-state index contributed by atoms with van der Waals surface area (Å²) in [6.07, 6.45) is 17.9. The number of benzene rings is 2. The molecule has 0 aromatic heterocycles. The Kier molecular flexibility index (Phi) is 42.1. The van der Waals surface area contributed by atoms with E-state index in [2.05, 4.69) is 5.32 Å². The average molecular weight is 846 g/mol. The number of aliphatic hydroxyl groups excluding tert-OH is 2. The van der Waals surface area contributed by atoms with Gasteiger partial charge < -0.3 is 26.0 Å². The number of rotatable bonds is 20. The number of amides is 1. The van der Waals surface area contributed by atoms with Crippen LogP contribution in [0.25, 0.3) is 12.2 Å². The van der Waals surface area contributed by atoms with Crippen LogP contribution in [-0.2, 0) is 28.7 Å². The summed E-state index contributed by atoms with van der Waals surface area (Å²) in [5.74, 6) is -0.148. The zero-order valence-electron chi connectivity index (χ0n) is 35.2. The van der Waals surface area contributed by atoms with Gasteiger partial charge in [-0.15, -0.1) is 0 Å². The summed E-state index contributed by atoms with van der Waals surface area (Å²) in [6, 6.07) is 19.1. The van der Waals surface area contributed by atoms with Gasteiger partial charge in [-0.05, 0) is 145 Å². The molecule has 10 nitrogen and oxygen atoms in total. The number of esters is 1. The summed E-state index contributed by atoms with van der Waals surface area (Å²) in [7, 11) is 0. The molecule has 5 N–H and O–H groups in total. The van der Waals surface area contributed by atoms with Gasteiger partial charge in [-0.1, -0.05) is 85.0 Å². The van der Waals surface area contributed by atoms with Crippen LogP contribution in [-0.4, -0.2) is 71.3 Å². The monoisotopic (exact) mass is 844 g/mol. The van der Waals surface area contributed by atoms with Crippen molar-refractivity contribution in [2.75, 3.05) is 32.9 Å². The molecule has 2 aromatic carbocycles. The third kappa shape index (κ3) is 39.8. The van der Waals surface area contributed by atoms with Crippen molar-refractivity contribution in [2.24, 2.45) is 5.73 Å². The van der Waals surface area contributed by atoms with Crippen LogP contribution in [0, 0.1) is 0 Å². The molecule has 0 aliphatic heterocycles. The topological polar surface area (TPSA) is 173 Å². The first kappa shape index (κ1) is 57.9. The number of unbranched alkanes of at least 4 members (excludes halogenated alkanes) is 4. The number of allylic oxidation sites excluding steroid dienone is 6. The molecule has 0 atom stereocenters. The van der Waals surface area contributed by atoms with E-state index in [0.29, 0.717) is 31.7 Å². The number of ether oxygens (including phenoxy) is 1. The van der Waals surface area contributed by atoms with Gasteiger partial charge in [-0.3, -0.25) is 19.2 Å². The Labute approximate surface area is 356 Å². The summed E-state index contributed by atoms with van der Waals surface area (Å²) in [6.45, 7) is 13.0. The third-order valence-electron chi connectivity index (χ3n) is 7.60. The molecule has 0 saturated carbocycles. The normalized spacial score (nSPS) is 11.1. The minimum absolute atomic E-state index is 0.0181. The summed E-state index contributed by atoms with van der Waals surface area (Å²) < 4.78 is 5.12. The molecule has 58 heavy (non-hydrogen) atoms. The van der Waals surface area contributed by atoms with Crippen molar-refractivity contribution in [3.63, 3.8) is 0 Å². The Morgan fingerprint density at radius 3 is 1.57 bits per heavy atom. The first-order valence-electron chi connectivity index (χ1n) is 19.4. The molecule has 0 aliphatic rings. The molecule has 0 heterocycles. The van der Waals surface area contributed by atoms with Gasteiger partial charge in [-0.25, -0.2) is 4.79 Å². The van der Waals surface area contributed by atoms with E-state index in [1.54, 1.807) is 45.1 Å². The minimum Gasteiger partial charge on any atom is -0.463 e. The molecule has 322 valence electrons. The standard InChI is InChI=1S/C19H24O3.C9H7ClO.C9H17NO2.C5H7ClO.C4H11NO/c1-3-16(2)18(20)12-8-5-9-15-22-19(21)14-13-17-10-6-4-7-11-17;10-9(11)7-6-8-4-2-1-3-5-8;1-3-8(2)9(12)10-6-4-5-7-11;1-3-4(2)5(6)7;5-3-1-2-4-6/h3-4,6-7,10-11,13-14H,5,8-9,12,15H2,1-2H3;1-7H;3,11H,4-7H2,1-2H3,(H,10,12);3H,1-2H3;6H,1-5H2/b14-13+,16-3+;7-6+;8-3+;4-3+;. The minimum atomic E-state index is -0.450. The van der Waals surface area contributed by atoms with Crippen LogP contribution in [0.5, 0.6) is 0 Å². The van der Waals surface area contributed by atoms with Gasteiger partial charge in [0.1, 0.15) is 0 Å². The maximum absolute atomic E-state index is 11.6. The van der Waals surface area contributed by atoms with Gasteiger partial charge >= 0.3 is 5.97 Å². The van der Waals surface area contributed by atoms with E-state index >= 15 is 0 Å². The molecule has 1 amide bonds. The first-order chi connectivity index (χ1) is 27.7. The van der Waals surface area contributed by atoms with Crippen LogP contribution in [0.15, 0.2) is 108 Å². The zero-order chi connectivity index (χ0) is 44.4. The van der Waals surface area contributed by atoms with E-state index < -0.39 is 5.24 Å². The quantitative estimate of drug-likeness (QED) is 0.0439. The van der Waals surface area contributed by atoms with Crippen LogP contribution >= 0.6 is 23.2 Å². The maximum Gasteiger partial charge on any atom is 0.330 e. The Morgan fingerprint density at radius 2 is 1.16 bits per heavy atom. The van der Waals surface area contributed by atoms with Gasteiger partial charge in [0.25, 0.3) is 0 Å². The number of aliphatic hydroxyl groups is 2. The largest absolute Gasteiger partial charge is 0.463 e. The highest BCUT2D eigenvalue weighted by Gasteiger charge is 2.03. The number of ketones is 1. The second-order valence-corrected chi connectivity index (χ2v) is 13.0. The highest BCUT2D eigenvalue weighted by molar-refractivity contribution is 6.67. The fourth-order valence-corrected chi connectivity index (χ4v) is 3.85. The van der Waals surface area contributed by atoms with Gasteiger partial charge in [0.2, 0.25) is 16.4 Å². The van der Waals surface area contributed by atoms with E-state index in [1.807, 2.05) is 87.5 Å². The predicted molar refractivity (Wildman–Crippen MR) is 240 cm³/mol. The smallest absolute Gasteiger partial charge is 0.330 e. The number of carbonyl (C=O) groups is 5. The molecule has 0 saturated heterocycles. The highest BCUT2D eigenvalue weighted by Crippen LogP contribution is 2.07. The van der Waals surface area contributed by atoms with Crippen LogP contribution in [0.3, 0.4) is 0 Å². The number of hydrogen-bond acceptors (Lipinski definition) is 9. The maximum atomic E-state index is 11.6. The van der Waals surface area contributed by atoms with Crippen LogP contribution in [0.4, 0.5) is 0 Å². The highest BCUT2D eigenvalue weighted by atomic mass is 35.5. The lowest BCUT2D eigenvalue weighted by Crippen LogP contribution is -2.25. The van der Waals surface area contributed by atoms with Crippen molar-refractivity contribution in [3.8, 4) is 0 Å². The Hall–Kier alpha value is -4.45. The molecule has 0 bridgehead atoms. The lowest BCUT2D eigenvalue weighted by Gasteiger charge is -2.03. The second kappa shape index (κ2) is 42.2. The number of Topliss-reactive ketones (excluding diaryl/α,β-unsaturated/α-hetero) is 1. The SMILES string of the molecule is C/C=C(\C)C(=O)CCCCCOC(=O)/C=C/c1ccccc1.C/C=C(\C)C(=O)Cl.C/C=C(\C)C(=O)NCCCCO.NCCCCO.O=C(Cl)/C=C/c1ccccc1. The van der Waals surface area contributed by atoms with E-state index in [9.17, 15) is 24.0 Å². The summed E-state index contributed by atoms with van der Waals surface area (Å²) in [4.78, 5) is 54.5. The molecular formula is C46H66Cl2N2O8. The van der Waals surface area contributed by atoms with Crippen LogP contribution in [0.2, 0.25) is 0 Å². The fourth-order valence-electron chi connectivity index (χ4n) is 3.68. The van der Waals surface area contributed by atoms with Crippen LogP contribution < -0.4 is 11.1 Å². The molecule has 0 fully saturated rings. The van der Waals surface area contributed by atoms with Gasteiger partial charge in [-0.2, -0.15) is 0 Å². The number of hydrogen-bond donors (Lipinski definition) is 4. The van der Waals surface area contributed by atoms with Gasteiger partial charge in [0, 0.05) is 43.4 Å². The number of halogens is 2. The Morgan fingerprint density at radius 1 is 0.655 bits per heavy atom. The molecule has 0 aliphatic carbocycles.